The van der Waals surface area contributed by atoms with Crippen LogP contribution in [0.25, 0.3) is 0 Å². The summed E-state index contributed by atoms with van der Waals surface area (Å²) in [5.74, 6) is 0.605. The lowest BCUT2D eigenvalue weighted by Crippen LogP contribution is -2.34. The predicted molar refractivity (Wildman–Crippen MR) is 52.2 cm³/mol. The van der Waals surface area contributed by atoms with Crippen LogP contribution >= 0.6 is 11.8 Å². The van der Waals surface area contributed by atoms with Crippen LogP contribution in [-0.4, -0.2) is 30.1 Å². The van der Waals surface area contributed by atoms with Gasteiger partial charge < -0.3 is 10.5 Å². The number of hydrogen-bond donors (Lipinski definition) is 1. The van der Waals surface area contributed by atoms with Crippen LogP contribution in [0.1, 0.15) is 20.3 Å². The minimum absolute atomic E-state index is 0.0715. The second-order valence-electron chi connectivity index (χ2n) is 2.87. The summed E-state index contributed by atoms with van der Waals surface area (Å²) in [7, 11) is 0. The van der Waals surface area contributed by atoms with Crippen molar-refractivity contribution >= 4 is 17.7 Å². The smallest absolute Gasteiger partial charge is 0.323 e. The van der Waals surface area contributed by atoms with Crippen molar-refractivity contribution in [2.75, 3.05) is 12.0 Å². The van der Waals surface area contributed by atoms with Gasteiger partial charge in [0.25, 0.3) is 0 Å². The molecule has 0 bridgehead atoms. The Kier molecular flexibility index (Phi) is 6.20. The quantitative estimate of drug-likeness (QED) is 0.659. The molecule has 1 unspecified atom stereocenters. The first-order valence-corrected chi connectivity index (χ1v) is 5.42. The molecule has 0 heterocycles. The van der Waals surface area contributed by atoms with Crippen LogP contribution in [0.3, 0.4) is 0 Å². The molecule has 0 radical (unpaired) electrons. The Balaban J connectivity index is 3.61. The first kappa shape index (κ1) is 11.8. The van der Waals surface area contributed by atoms with Crippen LogP contribution in [-0.2, 0) is 9.53 Å². The van der Waals surface area contributed by atoms with E-state index in [1.807, 2.05) is 20.1 Å². The highest BCUT2D eigenvalue weighted by atomic mass is 32.2. The second kappa shape index (κ2) is 6.31. The van der Waals surface area contributed by atoms with Gasteiger partial charge in [-0.2, -0.15) is 11.8 Å². The molecule has 0 amide bonds. The Labute approximate surface area is 78.0 Å². The van der Waals surface area contributed by atoms with Crippen molar-refractivity contribution in [2.24, 2.45) is 5.73 Å². The number of esters is 1. The molecule has 0 aliphatic carbocycles. The van der Waals surface area contributed by atoms with Crippen molar-refractivity contribution in [3.05, 3.63) is 0 Å². The fourth-order valence-corrected chi connectivity index (χ4v) is 1.17. The molecule has 0 spiro atoms. The fourth-order valence-electron chi connectivity index (χ4n) is 0.682. The van der Waals surface area contributed by atoms with Crippen LogP contribution in [0.4, 0.5) is 0 Å². The minimum atomic E-state index is -0.458. The first-order chi connectivity index (χ1) is 5.57. The Morgan fingerprint density at radius 2 is 2.17 bits per heavy atom. The summed E-state index contributed by atoms with van der Waals surface area (Å²) in [5.41, 5.74) is 5.56. The molecule has 3 nitrogen and oxygen atoms in total. The number of thioether (sulfide) groups is 1. The molecule has 0 saturated heterocycles. The SMILES string of the molecule is CSCCC(N)C(=O)OC(C)C. The molecule has 4 heteroatoms. The number of carbonyl (C=O) groups excluding carboxylic acids is 1. The molecule has 0 aliphatic rings. The summed E-state index contributed by atoms with van der Waals surface area (Å²) in [6.45, 7) is 3.64. The molecular formula is C8H17NO2S. The van der Waals surface area contributed by atoms with Crippen molar-refractivity contribution in [1.29, 1.82) is 0 Å². The topological polar surface area (TPSA) is 52.3 Å². The van der Waals surface area contributed by atoms with Gasteiger partial charge in [-0.05, 0) is 32.3 Å². The zero-order chi connectivity index (χ0) is 9.56. The Bertz CT molecular complexity index is 139. The zero-order valence-corrected chi connectivity index (χ0v) is 8.69. The monoisotopic (exact) mass is 191 g/mol. The molecular weight excluding hydrogens is 174 g/mol. The Morgan fingerprint density at radius 3 is 2.58 bits per heavy atom. The number of carbonyl (C=O) groups is 1. The van der Waals surface area contributed by atoms with Gasteiger partial charge in [0, 0.05) is 0 Å². The van der Waals surface area contributed by atoms with Gasteiger partial charge in [-0.25, -0.2) is 0 Å². The number of nitrogens with two attached hydrogens (primary N) is 1. The Hall–Kier alpha value is -0.220. The maximum Gasteiger partial charge on any atom is 0.323 e. The highest BCUT2D eigenvalue weighted by molar-refractivity contribution is 7.98. The van der Waals surface area contributed by atoms with E-state index >= 15 is 0 Å². The fraction of sp³-hybridized carbons (Fsp3) is 0.875. The molecule has 72 valence electrons. The van der Waals surface area contributed by atoms with E-state index in [1.165, 1.54) is 0 Å². The van der Waals surface area contributed by atoms with E-state index in [-0.39, 0.29) is 12.1 Å². The summed E-state index contributed by atoms with van der Waals surface area (Å²) < 4.78 is 4.94. The summed E-state index contributed by atoms with van der Waals surface area (Å²) in [6, 6.07) is -0.458. The predicted octanol–water partition coefficient (Wildman–Crippen LogP) is 1.02. The summed E-state index contributed by atoms with van der Waals surface area (Å²) in [4.78, 5) is 11.1. The summed E-state index contributed by atoms with van der Waals surface area (Å²) >= 11 is 1.68. The molecule has 0 saturated carbocycles. The number of ether oxygens (including phenoxy) is 1. The molecule has 12 heavy (non-hydrogen) atoms. The van der Waals surface area contributed by atoms with E-state index in [1.54, 1.807) is 11.8 Å². The van der Waals surface area contributed by atoms with Crippen LogP contribution in [0.15, 0.2) is 0 Å². The van der Waals surface area contributed by atoms with Crippen molar-refractivity contribution in [3.8, 4) is 0 Å². The average Bonchev–Trinajstić information content (AvgIpc) is 1.98. The maximum atomic E-state index is 11.1. The van der Waals surface area contributed by atoms with Crippen molar-refractivity contribution in [2.45, 2.75) is 32.4 Å². The van der Waals surface area contributed by atoms with Gasteiger partial charge in [-0.3, -0.25) is 4.79 Å². The first-order valence-electron chi connectivity index (χ1n) is 4.03. The lowest BCUT2D eigenvalue weighted by Gasteiger charge is -2.12. The third-order valence-electron chi connectivity index (χ3n) is 1.29. The highest BCUT2D eigenvalue weighted by Crippen LogP contribution is 2.01. The lowest BCUT2D eigenvalue weighted by atomic mass is 10.2. The van der Waals surface area contributed by atoms with E-state index in [0.29, 0.717) is 6.42 Å². The van der Waals surface area contributed by atoms with E-state index in [2.05, 4.69) is 0 Å². The molecule has 2 N–H and O–H groups in total. The molecule has 1 atom stereocenters. The van der Waals surface area contributed by atoms with Gasteiger partial charge in [-0.15, -0.1) is 0 Å². The van der Waals surface area contributed by atoms with Gasteiger partial charge in [0.15, 0.2) is 0 Å². The van der Waals surface area contributed by atoms with E-state index in [9.17, 15) is 4.79 Å². The number of hydrogen-bond acceptors (Lipinski definition) is 4. The largest absolute Gasteiger partial charge is 0.462 e. The van der Waals surface area contributed by atoms with Gasteiger partial charge >= 0.3 is 5.97 Å². The minimum Gasteiger partial charge on any atom is -0.462 e. The van der Waals surface area contributed by atoms with Crippen LogP contribution in [0.2, 0.25) is 0 Å². The van der Waals surface area contributed by atoms with E-state index in [0.717, 1.165) is 5.75 Å². The third-order valence-corrected chi connectivity index (χ3v) is 1.93. The van der Waals surface area contributed by atoms with Gasteiger partial charge in [-0.1, -0.05) is 0 Å². The van der Waals surface area contributed by atoms with Crippen LogP contribution in [0, 0.1) is 0 Å². The Morgan fingerprint density at radius 1 is 1.58 bits per heavy atom. The molecule has 0 aliphatic heterocycles. The van der Waals surface area contributed by atoms with Gasteiger partial charge in [0.1, 0.15) is 6.04 Å². The molecule has 0 fully saturated rings. The second-order valence-corrected chi connectivity index (χ2v) is 3.86. The summed E-state index contributed by atoms with van der Waals surface area (Å²) in [5, 5.41) is 0. The van der Waals surface area contributed by atoms with Crippen LogP contribution in [0.5, 0.6) is 0 Å². The van der Waals surface area contributed by atoms with Gasteiger partial charge in [0.2, 0.25) is 0 Å². The van der Waals surface area contributed by atoms with Crippen molar-refractivity contribution in [3.63, 3.8) is 0 Å². The van der Waals surface area contributed by atoms with E-state index < -0.39 is 6.04 Å². The highest BCUT2D eigenvalue weighted by Gasteiger charge is 2.15. The van der Waals surface area contributed by atoms with Gasteiger partial charge in [0.05, 0.1) is 6.10 Å². The average molecular weight is 191 g/mol. The lowest BCUT2D eigenvalue weighted by molar-refractivity contribution is -0.149. The molecule has 0 aromatic rings. The molecule has 0 aromatic carbocycles. The molecule has 0 aromatic heterocycles. The normalized spacial score (nSPS) is 13.1. The van der Waals surface area contributed by atoms with Crippen LogP contribution < -0.4 is 5.73 Å². The van der Waals surface area contributed by atoms with Crippen molar-refractivity contribution in [1.82, 2.24) is 0 Å². The van der Waals surface area contributed by atoms with E-state index in [4.69, 9.17) is 10.5 Å². The molecule has 0 rings (SSSR count). The maximum absolute atomic E-state index is 11.1. The van der Waals surface area contributed by atoms with Crippen molar-refractivity contribution < 1.29 is 9.53 Å². The number of rotatable bonds is 5. The summed E-state index contributed by atoms with van der Waals surface area (Å²) in [6.07, 6.45) is 2.60. The zero-order valence-electron chi connectivity index (χ0n) is 7.87. The standard InChI is InChI=1S/C8H17NO2S/c1-6(2)11-8(10)7(9)4-5-12-3/h6-7H,4-5,9H2,1-3H3. The third kappa shape index (κ3) is 5.43.